The fraction of sp³-hybridized carbons (Fsp3) is 0.400. The Bertz CT molecular complexity index is 753. The van der Waals surface area contributed by atoms with Crippen LogP contribution < -0.4 is 10.9 Å². The minimum Gasteiger partial charge on any atom is -0.349 e. The summed E-state index contributed by atoms with van der Waals surface area (Å²) < 4.78 is 0. The van der Waals surface area contributed by atoms with Gasteiger partial charge in [-0.1, -0.05) is 0 Å². The van der Waals surface area contributed by atoms with Gasteiger partial charge in [0.1, 0.15) is 11.2 Å². The number of aromatic amines is 1. The molecule has 2 aliphatic carbocycles. The molecule has 0 aromatic carbocycles. The van der Waals surface area contributed by atoms with E-state index in [4.69, 9.17) is 0 Å². The molecule has 20 heavy (non-hydrogen) atoms. The van der Waals surface area contributed by atoms with Crippen LogP contribution in [0.1, 0.15) is 36.0 Å². The number of fused-ring (bicyclic) bond motifs is 1. The van der Waals surface area contributed by atoms with Crippen molar-refractivity contribution in [3.8, 4) is 0 Å². The maximum Gasteiger partial charge on any atom is 0.262 e. The Kier molecular flexibility index (Phi) is 2.28. The molecular weight excluding hydrogens is 254 g/mol. The largest absolute Gasteiger partial charge is 0.349 e. The second-order valence-corrected chi connectivity index (χ2v) is 6.03. The fourth-order valence-electron chi connectivity index (χ4n) is 3.14. The Morgan fingerprint density at radius 1 is 1.40 bits per heavy atom. The molecule has 102 valence electrons. The second kappa shape index (κ2) is 3.91. The van der Waals surface area contributed by atoms with E-state index in [-0.39, 0.29) is 23.1 Å². The number of hydrogen-bond acceptors (Lipinski definition) is 3. The number of hydrogen-bond donors (Lipinski definition) is 2. The van der Waals surface area contributed by atoms with Gasteiger partial charge in [0.2, 0.25) is 0 Å². The van der Waals surface area contributed by atoms with Crippen LogP contribution >= 0.6 is 0 Å². The van der Waals surface area contributed by atoms with Crippen LogP contribution in [0.3, 0.4) is 0 Å². The van der Waals surface area contributed by atoms with E-state index in [1.54, 1.807) is 18.3 Å². The van der Waals surface area contributed by atoms with E-state index in [0.29, 0.717) is 11.1 Å². The van der Waals surface area contributed by atoms with Gasteiger partial charge in [-0.05, 0) is 49.3 Å². The SMILES string of the molecule is O=C(NC1CC2(CC2)C1)c1cc2cccnc2[nH]c1=O. The first-order valence-electron chi connectivity index (χ1n) is 6.94. The average molecular weight is 269 g/mol. The number of amides is 1. The van der Waals surface area contributed by atoms with Crippen LogP contribution in [-0.2, 0) is 0 Å². The van der Waals surface area contributed by atoms with E-state index in [1.807, 2.05) is 6.07 Å². The third-order valence-corrected chi connectivity index (χ3v) is 4.51. The van der Waals surface area contributed by atoms with Crippen molar-refractivity contribution in [2.24, 2.45) is 5.41 Å². The number of rotatable bonds is 2. The van der Waals surface area contributed by atoms with Crippen molar-refractivity contribution in [3.05, 3.63) is 40.3 Å². The van der Waals surface area contributed by atoms with E-state index in [9.17, 15) is 9.59 Å². The van der Waals surface area contributed by atoms with Crippen molar-refractivity contribution >= 4 is 16.9 Å². The molecule has 2 aromatic rings. The van der Waals surface area contributed by atoms with Gasteiger partial charge < -0.3 is 10.3 Å². The molecule has 2 aromatic heterocycles. The molecule has 0 aliphatic heterocycles. The summed E-state index contributed by atoms with van der Waals surface area (Å²) >= 11 is 0. The molecule has 0 unspecified atom stereocenters. The van der Waals surface area contributed by atoms with Crippen LogP contribution in [0.25, 0.3) is 11.0 Å². The lowest BCUT2D eigenvalue weighted by atomic mass is 9.77. The topological polar surface area (TPSA) is 74.8 Å². The molecule has 0 radical (unpaired) electrons. The van der Waals surface area contributed by atoms with Crippen LogP contribution in [0.4, 0.5) is 0 Å². The highest BCUT2D eigenvalue weighted by Crippen LogP contribution is 2.60. The first-order chi connectivity index (χ1) is 9.65. The Hall–Kier alpha value is -2.17. The van der Waals surface area contributed by atoms with Gasteiger partial charge in [0.05, 0.1) is 0 Å². The first kappa shape index (κ1) is 11.6. The van der Waals surface area contributed by atoms with Crippen molar-refractivity contribution in [1.29, 1.82) is 0 Å². The van der Waals surface area contributed by atoms with E-state index >= 15 is 0 Å². The van der Waals surface area contributed by atoms with Gasteiger partial charge in [0, 0.05) is 17.6 Å². The predicted octanol–water partition coefficient (Wildman–Crippen LogP) is 1.60. The molecule has 1 spiro atoms. The molecule has 0 bridgehead atoms. The Labute approximate surface area is 115 Å². The highest BCUT2D eigenvalue weighted by atomic mass is 16.2. The molecule has 5 nitrogen and oxygen atoms in total. The number of nitrogens with one attached hydrogen (secondary N) is 2. The van der Waals surface area contributed by atoms with Gasteiger partial charge in [-0.2, -0.15) is 0 Å². The molecule has 0 atom stereocenters. The molecule has 2 saturated carbocycles. The summed E-state index contributed by atoms with van der Waals surface area (Å²) in [7, 11) is 0. The number of carbonyl (C=O) groups is 1. The van der Waals surface area contributed by atoms with E-state index in [1.165, 1.54) is 12.8 Å². The molecule has 1 amide bonds. The summed E-state index contributed by atoms with van der Waals surface area (Å²) in [6.45, 7) is 0. The predicted molar refractivity (Wildman–Crippen MR) is 74.5 cm³/mol. The monoisotopic (exact) mass is 269 g/mol. The average Bonchev–Trinajstić information content (AvgIpc) is 3.18. The minimum atomic E-state index is -0.380. The molecular formula is C15H15N3O2. The Morgan fingerprint density at radius 2 is 2.20 bits per heavy atom. The van der Waals surface area contributed by atoms with Crippen molar-refractivity contribution < 1.29 is 4.79 Å². The van der Waals surface area contributed by atoms with Crippen molar-refractivity contribution in [2.75, 3.05) is 0 Å². The maximum atomic E-state index is 12.2. The summed E-state index contributed by atoms with van der Waals surface area (Å²) in [6, 6.07) is 5.46. The zero-order valence-electron chi connectivity index (χ0n) is 11.0. The van der Waals surface area contributed by atoms with Crippen LogP contribution in [0, 0.1) is 5.41 Å². The standard InChI is InChI=1S/C15H15N3O2/c19-13(17-10-7-15(8-10)3-4-15)11-6-9-2-1-5-16-12(9)18-14(11)20/h1-2,5-6,10H,3-4,7-8H2,(H,17,19)(H,16,18,20). The maximum absolute atomic E-state index is 12.2. The summed E-state index contributed by atoms with van der Waals surface area (Å²) in [6.07, 6.45) is 6.32. The molecule has 2 fully saturated rings. The summed E-state index contributed by atoms with van der Waals surface area (Å²) in [5.41, 5.74) is 0.837. The minimum absolute atomic E-state index is 0.169. The van der Waals surface area contributed by atoms with Crippen LogP contribution in [0.5, 0.6) is 0 Å². The van der Waals surface area contributed by atoms with E-state index in [0.717, 1.165) is 18.2 Å². The number of pyridine rings is 2. The number of H-pyrrole nitrogens is 1. The molecule has 2 aliphatic rings. The van der Waals surface area contributed by atoms with Gasteiger partial charge in [0.15, 0.2) is 0 Å². The molecule has 4 rings (SSSR count). The number of aromatic nitrogens is 2. The van der Waals surface area contributed by atoms with E-state index in [2.05, 4.69) is 15.3 Å². The summed E-state index contributed by atoms with van der Waals surface area (Å²) in [4.78, 5) is 30.9. The third kappa shape index (κ3) is 1.81. The van der Waals surface area contributed by atoms with Crippen molar-refractivity contribution in [1.82, 2.24) is 15.3 Å². The normalized spacial score (nSPS) is 19.8. The molecule has 5 heteroatoms. The quantitative estimate of drug-likeness (QED) is 0.869. The zero-order chi connectivity index (χ0) is 13.7. The van der Waals surface area contributed by atoms with Crippen LogP contribution in [0.2, 0.25) is 0 Å². The second-order valence-electron chi connectivity index (χ2n) is 6.03. The van der Waals surface area contributed by atoms with Gasteiger partial charge in [-0.3, -0.25) is 9.59 Å². The third-order valence-electron chi connectivity index (χ3n) is 4.51. The molecule has 2 heterocycles. The lowest BCUT2D eigenvalue weighted by Gasteiger charge is -2.36. The van der Waals surface area contributed by atoms with E-state index < -0.39 is 0 Å². The molecule has 0 saturated heterocycles. The van der Waals surface area contributed by atoms with Crippen molar-refractivity contribution in [2.45, 2.75) is 31.7 Å². The number of nitrogens with zero attached hydrogens (tertiary/aromatic N) is 1. The van der Waals surface area contributed by atoms with Gasteiger partial charge in [0.25, 0.3) is 11.5 Å². The lowest BCUT2D eigenvalue weighted by Crippen LogP contribution is -2.46. The highest BCUT2D eigenvalue weighted by molar-refractivity contribution is 5.96. The van der Waals surface area contributed by atoms with Gasteiger partial charge in [-0.25, -0.2) is 4.98 Å². The van der Waals surface area contributed by atoms with Crippen LogP contribution in [-0.4, -0.2) is 21.9 Å². The number of carbonyl (C=O) groups excluding carboxylic acids is 1. The Morgan fingerprint density at radius 3 is 2.95 bits per heavy atom. The van der Waals surface area contributed by atoms with Gasteiger partial charge >= 0.3 is 0 Å². The Balaban J connectivity index is 1.59. The summed E-state index contributed by atoms with van der Waals surface area (Å²) in [5.74, 6) is -0.280. The lowest BCUT2D eigenvalue weighted by molar-refractivity contribution is 0.0876. The zero-order valence-corrected chi connectivity index (χ0v) is 11.0. The highest BCUT2D eigenvalue weighted by Gasteiger charge is 2.53. The van der Waals surface area contributed by atoms with Crippen molar-refractivity contribution in [3.63, 3.8) is 0 Å². The smallest absolute Gasteiger partial charge is 0.262 e. The fourth-order valence-corrected chi connectivity index (χ4v) is 3.14. The summed E-state index contributed by atoms with van der Waals surface area (Å²) in [5, 5.41) is 3.72. The molecule has 2 N–H and O–H groups in total. The first-order valence-corrected chi connectivity index (χ1v) is 6.94. The van der Waals surface area contributed by atoms with Gasteiger partial charge in [-0.15, -0.1) is 0 Å². The van der Waals surface area contributed by atoms with Crippen LogP contribution in [0.15, 0.2) is 29.2 Å².